The second kappa shape index (κ2) is 5.38. The van der Waals surface area contributed by atoms with Crippen molar-refractivity contribution in [3.05, 3.63) is 18.2 Å². The molecule has 0 saturated carbocycles. The fourth-order valence-electron chi connectivity index (χ4n) is 2.41. The van der Waals surface area contributed by atoms with Crippen LogP contribution in [0.5, 0.6) is 0 Å². The van der Waals surface area contributed by atoms with E-state index in [1.165, 1.54) is 12.3 Å². The first-order valence-corrected chi connectivity index (χ1v) is 8.30. The molecule has 2 rings (SSSR count). The smallest absolute Gasteiger partial charge is 0.175 e. The first-order valence-electron chi connectivity index (χ1n) is 6.41. The number of nitrogens with two attached hydrogens (primary N) is 1. The number of hydrogen-bond donors (Lipinski definition) is 2. The van der Waals surface area contributed by atoms with Crippen LogP contribution in [-0.4, -0.2) is 45.8 Å². The van der Waals surface area contributed by atoms with Crippen LogP contribution in [-0.2, 0) is 9.84 Å². The molecule has 106 valence electrons. The minimum atomic E-state index is -3.20. The Bertz CT molecular complexity index is 557. The lowest BCUT2D eigenvalue weighted by Gasteiger charge is -2.31. The van der Waals surface area contributed by atoms with Crippen molar-refractivity contribution < 1.29 is 8.42 Å². The molecule has 0 aliphatic carbocycles. The fraction of sp³-hybridized carbons (Fsp3) is 0.538. The first kappa shape index (κ1) is 14.1. The van der Waals surface area contributed by atoms with E-state index in [-0.39, 0.29) is 4.90 Å². The van der Waals surface area contributed by atoms with Crippen molar-refractivity contribution in [2.45, 2.75) is 23.8 Å². The highest BCUT2D eigenvalue weighted by molar-refractivity contribution is 7.90. The zero-order valence-corrected chi connectivity index (χ0v) is 12.2. The second-order valence-electron chi connectivity index (χ2n) is 5.27. The van der Waals surface area contributed by atoms with Crippen molar-refractivity contribution in [3.63, 3.8) is 0 Å². The first-order chi connectivity index (χ1) is 8.86. The van der Waals surface area contributed by atoms with Gasteiger partial charge in [0.1, 0.15) is 0 Å². The Labute approximate surface area is 114 Å². The van der Waals surface area contributed by atoms with Crippen molar-refractivity contribution in [2.24, 2.45) is 0 Å². The summed E-state index contributed by atoms with van der Waals surface area (Å²) >= 11 is 0. The summed E-state index contributed by atoms with van der Waals surface area (Å²) in [5, 5.41) is 3.40. The summed E-state index contributed by atoms with van der Waals surface area (Å²) in [4.78, 5) is 2.54. The van der Waals surface area contributed by atoms with E-state index in [0.29, 0.717) is 11.7 Å². The molecular formula is C13H21N3O2S. The van der Waals surface area contributed by atoms with E-state index >= 15 is 0 Å². The Balaban J connectivity index is 2.13. The van der Waals surface area contributed by atoms with E-state index in [4.69, 9.17) is 5.73 Å². The van der Waals surface area contributed by atoms with E-state index in [1.807, 2.05) is 0 Å². The number of sulfone groups is 1. The van der Waals surface area contributed by atoms with Gasteiger partial charge in [-0.15, -0.1) is 0 Å². The van der Waals surface area contributed by atoms with Gasteiger partial charge in [-0.1, -0.05) is 0 Å². The molecule has 6 heteroatoms. The van der Waals surface area contributed by atoms with Gasteiger partial charge >= 0.3 is 0 Å². The molecule has 1 aromatic rings. The molecule has 1 fully saturated rings. The van der Waals surface area contributed by atoms with E-state index in [9.17, 15) is 8.42 Å². The summed E-state index contributed by atoms with van der Waals surface area (Å²) in [7, 11) is -1.10. The number of rotatable bonds is 3. The SMILES string of the molecule is CN1CCCC(Nc2ccc(S(C)(=O)=O)cc2N)C1. The van der Waals surface area contributed by atoms with Crippen molar-refractivity contribution >= 4 is 21.2 Å². The third-order valence-corrected chi connectivity index (χ3v) is 4.55. The van der Waals surface area contributed by atoms with Gasteiger partial charge < -0.3 is 16.0 Å². The van der Waals surface area contributed by atoms with E-state index in [1.54, 1.807) is 12.1 Å². The molecule has 0 spiro atoms. The van der Waals surface area contributed by atoms with Crippen molar-refractivity contribution in [1.82, 2.24) is 4.90 Å². The van der Waals surface area contributed by atoms with Gasteiger partial charge in [0.15, 0.2) is 9.84 Å². The predicted octanol–water partition coefficient (Wildman–Crippen LogP) is 1.18. The maximum Gasteiger partial charge on any atom is 0.175 e. The molecule has 1 heterocycles. The molecule has 5 nitrogen and oxygen atoms in total. The van der Waals surface area contributed by atoms with Crippen LogP contribution >= 0.6 is 0 Å². The lowest BCUT2D eigenvalue weighted by molar-refractivity contribution is 0.261. The molecule has 1 aliphatic rings. The molecule has 0 bridgehead atoms. The number of benzene rings is 1. The lowest BCUT2D eigenvalue weighted by atomic mass is 10.1. The van der Waals surface area contributed by atoms with Gasteiger partial charge in [-0.2, -0.15) is 0 Å². The van der Waals surface area contributed by atoms with E-state index in [0.717, 1.165) is 31.6 Å². The summed E-state index contributed by atoms with van der Waals surface area (Å²) in [6, 6.07) is 5.23. The topological polar surface area (TPSA) is 75.4 Å². The van der Waals surface area contributed by atoms with Gasteiger partial charge in [0, 0.05) is 18.8 Å². The number of piperidine rings is 1. The molecule has 0 amide bonds. The van der Waals surface area contributed by atoms with Crippen LogP contribution in [0.15, 0.2) is 23.1 Å². The standard InChI is InChI=1S/C13H21N3O2S/c1-16-7-3-4-10(9-16)15-13-6-5-11(8-12(13)14)19(2,17)18/h5-6,8,10,15H,3-4,7,9,14H2,1-2H3. The monoisotopic (exact) mass is 283 g/mol. The number of nitrogens with one attached hydrogen (secondary N) is 1. The fourth-order valence-corrected chi connectivity index (χ4v) is 3.06. The Morgan fingerprint density at radius 2 is 2.16 bits per heavy atom. The largest absolute Gasteiger partial charge is 0.397 e. The van der Waals surface area contributed by atoms with Crippen LogP contribution in [0.3, 0.4) is 0 Å². The Kier molecular flexibility index (Phi) is 4.01. The van der Waals surface area contributed by atoms with Gasteiger partial charge in [-0.05, 0) is 44.6 Å². The number of likely N-dealkylation sites (N-methyl/N-ethyl adjacent to an activating group) is 1. The molecule has 0 radical (unpaired) electrons. The average Bonchev–Trinajstić information content (AvgIpc) is 2.30. The van der Waals surface area contributed by atoms with Gasteiger partial charge in [0.25, 0.3) is 0 Å². The third-order valence-electron chi connectivity index (χ3n) is 3.44. The highest BCUT2D eigenvalue weighted by Crippen LogP contribution is 2.24. The highest BCUT2D eigenvalue weighted by atomic mass is 32.2. The number of nitrogens with zero attached hydrogens (tertiary/aromatic N) is 1. The number of hydrogen-bond acceptors (Lipinski definition) is 5. The molecule has 3 N–H and O–H groups in total. The van der Waals surface area contributed by atoms with Gasteiger partial charge in [0.2, 0.25) is 0 Å². The van der Waals surface area contributed by atoms with Crippen molar-refractivity contribution in [3.8, 4) is 0 Å². The summed E-state index contributed by atoms with van der Waals surface area (Å²) in [6.45, 7) is 2.11. The van der Waals surface area contributed by atoms with Crippen molar-refractivity contribution in [2.75, 3.05) is 37.4 Å². The summed E-state index contributed by atoms with van der Waals surface area (Å²) in [5.74, 6) is 0. The molecule has 19 heavy (non-hydrogen) atoms. The molecule has 1 aliphatic heterocycles. The van der Waals surface area contributed by atoms with Crippen LogP contribution in [0.4, 0.5) is 11.4 Å². The van der Waals surface area contributed by atoms with Gasteiger partial charge in [0.05, 0.1) is 16.3 Å². The molecule has 1 unspecified atom stereocenters. The Hall–Kier alpha value is -1.27. The van der Waals surface area contributed by atoms with Crippen LogP contribution < -0.4 is 11.1 Å². The predicted molar refractivity (Wildman–Crippen MR) is 78.1 cm³/mol. The summed E-state index contributed by atoms with van der Waals surface area (Å²) < 4.78 is 22.9. The molecule has 1 aromatic carbocycles. The minimum Gasteiger partial charge on any atom is -0.397 e. The Morgan fingerprint density at radius 1 is 1.42 bits per heavy atom. The molecule has 0 aromatic heterocycles. The number of likely N-dealkylation sites (tertiary alicyclic amines) is 1. The molecule has 1 atom stereocenters. The van der Waals surface area contributed by atoms with Gasteiger partial charge in [-0.3, -0.25) is 0 Å². The summed E-state index contributed by atoms with van der Waals surface area (Å²) in [5.41, 5.74) is 7.22. The van der Waals surface area contributed by atoms with Crippen LogP contribution in [0.2, 0.25) is 0 Å². The van der Waals surface area contributed by atoms with Crippen LogP contribution in [0.1, 0.15) is 12.8 Å². The van der Waals surface area contributed by atoms with E-state index < -0.39 is 9.84 Å². The maximum absolute atomic E-state index is 11.4. The van der Waals surface area contributed by atoms with Crippen molar-refractivity contribution in [1.29, 1.82) is 0 Å². The zero-order chi connectivity index (χ0) is 14.0. The minimum absolute atomic E-state index is 0.260. The quantitative estimate of drug-likeness (QED) is 0.815. The Morgan fingerprint density at radius 3 is 2.74 bits per heavy atom. The summed E-state index contributed by atoms with van der Waals surface area (Å²) in [6.07, 6.45) is 3.46. The highest BCUT2D eigenvalue weighted by Gasteiger charge is 2.18. The second-order valence-corrected chi connectivity index (χ2v) is 7.28. The van der Waals surface area contributed by atoms with Crippen LogP contribution in [0, 0.1) is 0 Å². The lowest BCUT2D eigenvalue weighted by Crippen LogP contribution is -2.39. The zero-order valence-electron chi connectivity index (χ0n) is 11.4. The third kappa shape index (κ3) is 3.61. The molecular weight excluding hydrogens is 262 g/mol. The average molecular weight is 283 g/mol. The van der Waals surface area contributed by atoms with Crippen LogP contribution in [0.25, 0.3) is 0 Å². The molecule has 1 saturated heterocycles. The number of anilines is 2. The number of nitrogen functional groups attached to an aromatic ring is 1. The maximum atomic E-state index is 11.4. The van der Waals surface area contributed by atoms with Gasteiger partial charge in [-0.25, -0.2) is 8.42 Å². The normalized spacial score (nSPS) is 21.3. The van der Waals surface area contributed by atoms with E-state index in [2.05, 4.69) is 17.3 Å².